The van der Waals surface area contributed by atoms with Crippen LogP contribution in [0.5, 0.6) is 5.75 Å². The zero-order chi connectivity index (χ0) is 20.1. The van der Waals surface area contributed by atoms with Crippen LogP contribution in [0.1, 0.15) is 56.3 Å². The number of amides is 2. The third-order valence-corrected chi connectivity index (χ3v) is 6.10. The number of benzene rings is 1. The summed E-state index contributed by atoms with van der Waals surface area (Å²) in [4.78, 5) is 28.0. The van der Waals surface area contributed by atoms with Gasteiger partial charge in [-0.3, -0.25) is 9.59 Å². The molecule has 0 bridgehead atoms. The number of methoxy groups -OCH3 is 1. The lowest BCUT2D eigenvalue weighted by Crippen LogP contribution is -2.55. The molecule has 1 heterocycles. The van der Waals surface area contributed by atoms with Crippen LogP contribution in [0.2, 0.25) is 0 Å². The summed E-state index contributed by atoms with van der Waals surface area (Å²) >= 11 is 0. The van der Waals surface area contributed by atoms with E-state index in [1.54, 1.807) is 31.4 Å². The molecule has 152 valence electrons. The van der Waals surface area contributed by atoms with Gasteiger partial charge >= 0.3 is 0 Å². The summed E-state index contributed by atoms with van der Waals surface area (Å²) in [6.07, 6.45) is 10.0. The van der Waals surface area contributed by atoms with Crippen LogP contribution in [0.3, 0.4) is 0 Å². The van der Waals surface area contributed by atoms with Crippen LogP contribution in [0, 0.1) is 11.3 Å². The van der Waals surface area contributed by atoms with E-state index in [0.29, 0.717) is 11.3 Å². The molecule has 5 heteroatoms. The summed E-state index contributed by atoms with van der Waals surface area (Å²) in [5.41, 5.74) is 0.760. The van der Waals surface area contributed by atoms with Crippen molar-refractivity contribution in [3.8, 4) is 5.75 Å². The second-order valence-electron chi connectivity index (χ2n) is 8.50. The molecule has 1 N–H and O–H groups in total. The monoisotopic (exact) mass is 384 g/mol. The molecule has 1 aliphatic carbocycles. The summed E-state index contributed by atoms with van der Waals surface area (Å²) in [5.74, 6) is 0.555. The van der Waals surface area contributed by atoms with Gasteiger partial charge in [-0.15, -0.1) is 0 Å². The fourth-order valence-corrected chi connectivity index (χ4v) is 4.39. The maximum absolute atomic E-state index is 13.3. The Hall–Kier alpha value is -2.30. The SMILES string of the molecule is COc1ccc(C(=O)NC(C(=O)N2CCCC3(CC=CCC3)C2)C(C)C)cc1. The first-order chi connectivity index (χ1) is 13.4. The number of ether oxygens (including phenoxy) is 1. The lowest BCUT2D eigenvalue weighted by molar-refractivity contribution is -0.138. The van der Waals surface area contributed by atoms with E-state index in [0.717, 1.165) is 38.8 Å². The largest absolute Gasteiger partial charge is 0.497 e. The highest BCUT2D eigenvalue weighted by Gasteiger charge is 2.39. The Labute approximate surface area is 168 Å². The van der Waals surface area contributed by atoms with E-state index < -0.39 is 6.04 Å². The second-order valence-corrected chi connectivity index (χ2v) is 8.50. The van der Waals surface area contributed by atoms with Gasteiger partial charge in [-0.05, 0) is 67.7 Å². The van der Waals surface area contributed by atoms with Crippen LogP contribution in [0.25, 0.3) is 0 Å². The molecule has 2 atom stereocenters. The van der Waals surface area contributed by atoms with Gasteiger partial charge in [-0.1, -0.05) is 26.0 Å². The molecular weight excluding hydrogens is 352 g/mol. The number of likely N-dealkylation sites (tertiary alicyclic amines) is 1. The first-order valence-electron chi connectivity index (χ1n) is 10.3. The van der Waals surface area contributed by atoms with Gasteiger partial charge in [-0.2, -0.15) is 0 Å². The van der Waals surface area contributed by atoms with Crippen molar-refractivity contribution in [1.82, 2.24) is 10.2 Å². The normalized spacial score (nSPS) is 22.9. The Balaban J connectivity index is 1.69. The third kappa shape index (κ3) is 4.57. The van der Waals surface area contributed by atoms with Gasteiger partial charge in [0.25, 0.3) is 5.91 Å². The van der Waals surface area contributed by atoms with Crippen molar-refractivity contribution in [2.24, 2.45) is 11.3 Å². The fraction of sp³-hybridized carbons (Fsp3) is 0.565. The van der Waals surface area contributed by atoms with Gasteiger partial charge in [-0.25, -0.2) is 0 Å². The van der Waals surface area contributed by atoms with Gasteiger partial charge < -0.3 is 15.0 Å². The summed E-state index contributed by atoms with van der Waals surface area (Å²) in [5, 5.41) is 2.97. The Morgan fingerprint density at radius 1 is 1.14 bits per heavy atom. The van der Waals surface area contributed by atoms with Crippen molar-refractivity contribution in [3.63, 3.8) is 0 Å². The van der Waals surface area contributed by atoms with Crippen LogP contribution < -0.4 is 10.1 Å². The lowest BCUT2D eigenvalue weighted by atomic mass is 9.71. The molecule has 1 aromatic rings. The zero-order valence-corrected chi connectivity index (χ0v) is 17.2. The van der Waals surface area contributed by atoms with E-state index in [9.17, 15) is 9.59 Å². The van der Waals surface area contributed by atoms with E-state index in [-0.39, 0.29) is 23.1 Å². The number of piperidine rings is 1. The Morgan fingerprint density at radius 3 is 2.50 bits per heavy atom. The van der Waals surface area contributed by atoms with Crippen molar-refractivity contribution in [1.29, 1.82) is 0 Å². The molecule has 2 aliphatic rings. The highest BCUT2D eigenvalue weighted by atomic mass is 16.5. The van der Waals surface area contributed by atoms with Gasteiger partial charge in [0.15, 0.2) is 0 Å². The number of rotatable bonds is 5. The first-order valence-corrected chi connectivity index (χ1v) is 10.3. The molecule has 1 aromatic carbocycles. The van der Waals surface area contributed by atoms with Crippen molar-refractivity contribution in [3.05, 3.63) is 42.0 Å². The molecule has 2 unspecified atom stereocenters. The highest BCUT2D eigenvalue weighted by Crippen LogP contribution is 2.41. The molecule has 1 fully saturated rings. The standard InChI is InChI=1S/C23H32N2O3/c1-17(2)20(24-21(26)18-8-10-19(28-3)11-9-18)22(27)25-15-7-14-23(16-25)12-5-4-6-13-23/h4-5,8-11,17,20H,6-7,12-16H2,1-3H3,(H,24,26). The van der Waals surface area contributed by atoms with Crippen LogP contribution in [-0.2, 0) is 4.79 Å². The van der Waals surface area contributed by atoms with Crippen molar-refractivity contribution < 1.29 is 14.3 Å². The number of carbonyl (C=O) groups excluding carboxylic acids is 2. The maximum Gasteiger partial charge on any atom is 0.251 e. The number of allylic oxidation sites excluding steroid dienone is 2. The minimum Gasteiger partial charge on any atom is -0.497 e. The topological polar surface area (TPSA) is 58.6 Å². The van der Waals surface area contributed by atoms with Crippen LogP contribution in [0.15, 0.2) is 36.4 Å². The Morgan fingerprint density at radius 2 is 1.89 bits per heavy atom. The molecule has 5 nitrogen and oxygen atoms in total. The summed E-state index contributed by atoms with van der Waals surface area (Å²) in [6, 6.07) is 6.45. The number of carbonyl (C=O) groups is 2. The fourth-order valence-electron chi connectivity index (χ4n) is 4.39. The third-order valence-electron chi connectivity index (χ3n) is 6.10. The number of nitrogens with zero attached hydrogens (tertiary/aromatic N) is 1. The minimum atomic E-state index is -0.510. The van der Waals surface area contributed by atoms with Crippen molar-refractivity contribution >= 4 is 11.8 Å². The first kappa shape index (κ1) is 20.4. The Kier molecular flexibility index (Phi) is 6.42. The van der Waals surface area contributed by atoms with Crippen LogP contribution >= 0.6 is 0 Å². The molecule has 1 spiro atoms. The molecule has 0 saturated carbocycles. The van der Waals surface area contributed by atoms with Gasteiger partial charge in [0.1, 0.15) is 11.8 Å². The zero-order valence-electron chi connectivity index (χ0n) is 17.2. The smallest absolute Gasteiger partial charge is 0.251 e. The molecule has 2 amide bonds. The molecule has 28 heavy (non-hydrogen) atoms. The summed E-state index contributed by atoms with van der Waals surface area (Å²) in [6.45, 7) is 5.56. The van der Waals surface area contributed by atoms with E-state index in [4.69, 9.17) is 4.74 Å². The van der Waals surface area contributed by atoms with Gasteiger partial charge in [0.2, 0.25) is 5.91 Å². The molecule has 3 rings (SSSR count). The second kappa shape index (κ2) is 8.80. The highest BCUT2D eigenvalue weighted by molar-refractivity contribution is 5.97. The predicted octanol–water partition coefficient (Wildman–Crippen LogP) is 3.80. The number of hydrogen-bond acceptors (Lipinski definition) is 3. The lowest BCUT2D eigenvalue weighted by Gasteiger charge is -2.45. The number of hydrogen-bond donors (Lipinski definition) is 1. The quantitative estimate of drug-likeness (QED) is 0.786. The van der Waals surface area contributed by atoms with E-state index in [2.05, 4.69) is 17.5 Å². The number of nitrogens with one attached hydrogen (secondary N) is 1. The Bertz CT molecular complexity index is 726. The van der Waals surface area contributed by atoms with Crippen LogP contribution in [0.4, 0.5) is 0 Å². The van der Waals surface area contributed by atoms with E-state index in [1.807, 2.05) is 18.7 Å². The van der Waals surface area contributed by atoms with Gasteiger partial charge in [0.05, 0.1) is 7.11 Å². The van der Waals surface area contributed by atoms with Gasteiger partial charge in [0, 0.05) is 18.7 Å². The molecule has 1 aliphatic heterocycles. The maximum atomic E-state index is 13.3. The molecule has 0 aromatic heterocycles. The minimum absolute atomic E-state index is 0.0267. The molecular formula is C23H32N2O3. The average Bonchev–Trinajstić information content (AvgIpc) is 2.71. The molecule has 0 radical (unpaired) electrons. The predicted molar refractivity (Wildman–Crippen MR) is 110 cm³/mol. The van der Waals surface area contributed by atoms with Crippen molar-refractivity contribution in [2.75, 3.05) is 20.2 Å². The van der Waals surface area contributed by atoms with E-state index >= 15 is 0 Å². The molecule has 1 saturated heterocycles. The summed E-state index contributed by atoms with van der Waals surface area (Å²) in [7, 11) is 1.59. The summed E-state index contributed by atoms with van der Waals surface area (Å²) < 4.78 is 5.14. The van der Waals surface area contributed by atoms with E-state index in [1.165, 1.54) is 6.42 Å². The average molecular weight is 385 g/mol. The van der Waals surface area contributed by atoms with Crippen LogP contribution in [-0.4, -0.2) is 43.0 Å². The van der Waals surface area contributed by atoms with Crippen molar-refractivity contribution in [2.45, 2.75) is 52.0 Å².